The zero-order chi connectivity index (χ0) is 12.3. The highest BCUT2D eigenvalue weighted by Crippen LogP contribution is 2.15. The van der Waals surface area contributed by atoms with Gasteiger partial charge in [-0.2, -0.15) is 5.26 Å². The predicted octanol–water partition coefficient (Wildman–Crippen LogP) is 1.86. The lowest BCUT2D eigenvalue weighted by atomic mass is 10.2. The molecule has 84 valence electrons. The SMILES string of the molecule is CN(C(=O)n1ccnc1)c1cccc(C#N)c1. The quantitative estimate of drug-likeness (QED) is 0.745. The molecule has 5 nitrogen and oxygen atoms in total. The van der Waals surface area contributed by atoms with Gasteiger partial charge < -0.3 is 0 Å². The topological polar surface area (TPSA) is 61.9 Å². The van der Waals surface area contributed by atoms with Gasteiger partial charge >= 0.3 is 6.03 Å². The van der Waals surface area contributed by atoms with Crippen LogP contribution < -0.4 is 4.90 Å². The predicted molar refractivity (Wildman–Crippen MR) is 62.6 cm³/mol. The normalized spacial score (nSPS) is 9.65. The maximum Gasteiger partial charge on any atom is 0.333 e. The minimum atomic E-state index is -0.224. The third-order valence-corrected chi connectivity index (χ3v) is 2.37. The standard InChI is InChI=1S/C12H10N4O/c1-15(12(17)16-6-5-14-9-16)11-4-2-3-10(7-11)8-13/h2-7,9H,1H3. The van der Waals surface area contributed by atoms with Crippen LogP contribution in [0.1, 0.15) is 5.56 Å². The molecule has 1 amide bonds. The number of amides is 1. The van der Waals surface area contributed by atoms with Crippen molar-refractivity contribution in [3.63, 3.8) is 0 Å². The van der Waals surface area contributed by atoms with Crippen LogP contribution in [0.25, 0.3) is 0 Å². The van der Waals surface area contributed by atoms with Crippen LogP contribution >= 0.6 is 0 Å². The van der Waals surface area contributed by atoms with Gasteiger partial charge in [0.05, 0.1) is 11.6 Å². The molecule has 0 saturated carbocycles. The van der Waals surface area contributed by atoms with Crippen LogP contribution in [-0.2, 0) is 0 Å². The Balaban J connectivity index is 2.28. The average molecular weight is 226 g/mol. The van der Waals surface area contributed by atoms with E-state index in [1.807, 2.05) is 6.07 Å². The number of hydrogen-bond acceptors (Lipinski definition) is 3. The van der Waals surface area contributed by atoms with Crippen LogP contribution in [0.5, 0.6) is 0 Å². The summed E-state index contributed by atoms with van der Waals surface area (Å²) in [6, 6.07) is 8.68. The Labute approximate surface area is 98.5 Å². The monoisotopic (exact) mass is 226 g/mol. The van der Waals surface area contributed by atoms with E-state index in [2.05, 4.69) is 4.98 Å². The minimum absolute atomic E-state index is 0.224. The van der Waals surface area contributed by atoms with E-state index in [0.717, 1.165) is 0 Å². The molecule has 1 aromatic carbocycles. The fourth-order valence-electron chi connectivity index (χ4n) is 1.44. The van der Waals surface area contributed by atoms with Crippen LogP contribution in [0.4, 0.5) is 10.5 Å². The van der Waals surface area contributed by atoms with Crippen LogP contribution in [0.3, 0.4) is 0 Å². The second-order valence-corrected chi connectivity index (χ2v) is 3.47. The van der Waals surface area contributed by atoms with E-state index in [1.165, 1.54) is 22.0 Å². The lowest BCUT2D eigenvalue weighted by molar-refractivity contribution is 0.249. The Bertz CT molecular complexity index is 568. The van der Waals surface area contributed by atoms with Gasteiger partial charge in [-0.05, 0) is 18.2 Å². The van der Waals surface area contributed by atoms with E-state index in [1.54, 1.807) is 37.5 Å². The van der Waals surface area contributed by atoms with E-state index < -0.39 is 0 Å². The van der Waals surface area contributed by atoms with Gasteiger partial charge in [-0.3, -0.25) is 9.47 Å². The highest BCUT2D eigenvalue weighted by atomic mass is 16.2. The Hall–Kier alpha value is -2.61. The number of imidazole rings is 1. The lowest BCUT2D eigenvalue weighted by Crippen LogP contribution is -2.30. The summed E-state index contributed by atoms with van der Waals surface area (Å²) in [7, 11) is 1.65. The van der Waals surface area contributed by atoms with Crippen molar-refractivity contribution in [3.05, 3.63) is 48.5 Å². The molecule has 0 radical (unpaired) electrons. The van der Waals surface area contributed by atoms with Crippen LogP contribution in [0.2, 0.25) is 0 Å². The van der Waals surface area contributed by atoms with Gasteiger partial charge in [0.15, 0.2) is 0 Å². The Morgan fingerprint density at radius 1 is 1.53 bits per heavy atom. The maximum absolute atomic E-state index is 12.0. The molecule has 0 aliphatic heterocycles. The smallest absolute Gasteiger partial charge is 0.297 e. The van der Waals surface area contributed by atoms with Crippen LogP contribution in [0.15, 0.2) is 43.0 Å². The fourth-order valence-corrected chi connectivity index (χ4v) is 1.44. The first-order chi connectivity index (χ1) is 8.22. The molecular formula is C12H10N4O. The Morgan fingerprint density at radius 3 is 3.00 bits per heavy atom. The third-order valence-electron chi connectivity index (χ3n) is 2.37. The molecule has 2 aromatic rings. The number of hydrogen-bond donors (Lipinski definition) is 0. The molecule has 0 N–H and O–H groups in total. The van der Waals surface area contributed by atoms with Crippen molar-refractivity contribution < 1.29 is 4.79 Å². The van der Waals surface area contributed by atoms with Crippen molar-refractivity contribution in [3.8, 4) is 6.07 Å². The number of nitrogens with zero attached hydrogens (tertiary/aromatic N) is 4. The summed E-state index contributed by atoms with van der Waals surface area (Å²) in [4.78, 5) is 17.2. The summed E-state index contributed by atoms with van der Waals surface area (Å²) in [6.07, 6.45) is 4.55. The molecule has 0 atom stereocenters. The number of anilines is 1. The summed E-state index contributed by atoms with van der Waals surface area (Å²) in [5.74, 6) is 0. The van der Waals surface area contributed by atoms with E-state index in [-0.39, 0.29) is 6.03 Å². The van der Waals surface area contributed by atoms with E-state index in [4.69, 9.17) is 5.26 Å². The van der Waals surface area contributed by atoms with Crippen molar-refractivity contribution in [2.24, 2.45) is 0 Å². The number of benzene rings is 1. The largest absolute Gasteiger partial charge is 0.333 e. The highest BCUT2D eigenvalue weighted by molar-refractivity contribution is 5.93. The van der Waals surface area contributed by atoms with Gasteiger partial charge in [-0.15, -0.1) is 0 Å². The summed E-state index contributed by atoms with van der Waals surface area (Å²) < 4.78 is 1.37. The number of nitriles is 1. The third kappa shape index (κ3) is 2.16. The fraction of sp³-hybridized carbons (Fsp3) is 0.0833. The van der Waals surface area contributed by atoms with E-state index in [9.17, 15) is 4.79 Å². The molecule has 0 unspecified atom stereocenters. The molecule has 1 aromatic heterocycles. The Morgan fingerprint density at radius 2 is 2.35 bits per heavy atom. The molecule has 2 rings (SSSR count). The summed E-state index contributed by atoms with van der Waals surface area (Å²) >= 11 is 0. The first kappa shape index (κ1) is 10.9. The summed E-state index contributed by atoms with van der Waals surface area (Å²) in [6.45, 7) is 0. The molecule has 0 spiro atoms. The first-order valence-electron chi connectivity index (χ1n) is 4.98. The molecule has 0 aliphatic rings. The Kier molecular flexibility index (Phi) is 2.88. The number of carbonyl (C=O) groups excluding carboxylic acids is 1. The van der Waals surface area contributed by atoms with Gasteiger partial charge in [-0.1, -0.05) is 6.07 Å². The van der Waals surface area contributed by atoms with E-state index >= 15 is 0 Å². The number of carbonyl (C=O) groups is 1. The summed E-state index contributed by atoms with van der Waals surface area (Å²) in [5, 5.41) is 8.80. The second kappa shape index (κ2) is 4.49. The zero-order valence-electron chi connectivity index (χ0n) is 9.24. The number of rotatable bonds is 1. The van der Waals surface area contributed by atoms with Gasteiger partial charge in [0.1, 0.15) is 6.33 Å². The minimum Gasteiger partial charge on any atom is -0.297 e. The van der Waals surface area contributed by atoms with Gasteiger partial charge in [-0.25, -0.2) is 9.78 Å². The molecule has 0 saturated heterocycles. The molecule has 17 heavy (non-hydrogen) atoms. The number of aromatic nitrogens is 2. The van der Waals surface area contributed by atoms with Gasteiger partial charge in [0, 0.05) is 25.1 Å². The van der Waals surface area contributed by atoms with Gasteiger partial charge in [0.25, 0.3) is 0 Å². The van der Waals surface area contributed by atoms with Gasteiger partial charge in [0.2, 0.25) is 0 Å². The molecule has 0 fully saturated rings. The highest BCUT2D eigenvalue weighted by Gasteiger charge is 2.12. The second-order valence-electron chi connectivity index (χ2n) is 3.47. The molecule has 1 heterocycles. The van der Waals surface area contributed by atoms with Crippen molar-refractivity contribution >= 4 is 11.7 Å². The van der Waals surface area contributed by atoms with Crippen LogP contribution in [-0.4, -0.2) is 22.6 Å². The van der Waals surface area contributed by atoms with Crippen molar-refractivity contribution in [2.75, 3.05) is 11.9 Å². The van der Waals surface area contributed by atoms with Crippen molar-refractivity contribution in [1.82, 2.24) is 9.55 Å². The van der Waals surface area contributed by atoms with E-state index in [0.29, 0.717) is 11.3 Å². The average Bonchev–Trinajstić information content (AvgIpc) is 2.91. The van der Waals surface area contributed by atoms with Crippen LogP contribution in [0, 0.1) is 11.3 Å². The first-order valence-corrected chi connectivity index (χ1v) is 4.98. The molecule has 5 heteroatoms. The molecule has 0 aliphatic carbocycles. The molecule has 0 bridgehead atoms. The summed E-state index contributed by atoms with van der Waals surface area (Å²) in [5.41, 5.74) is 1.19. The van der Waals surface area contributed by atoms with Crippen molar-refractivity contribution in [1.29, 1.82) is 5.26 Å². The van der Waals surface area contributed by atoms with Crippen molar-refractivity contribution in [2.45, 2.75) is 0 Å². The lowest BCUT2D eigenvalue weighted by Gasteiger charge is -2.17. The maximum atomic E-state index is 12.0. The molecular weight excluding hydrogens is 216 g/mol. The zero-order valence-corrected chi connectivity index (χ0v) is 9.24.